The Morgan fingerprint density at radius 1 is 1.16 bits per heavy atom. The van der Waals surface area contributed by atoms with E-state index in [1.807, 2.05) is 17.5 Å². The molecule has 19 heavy (non-hydrogen) atoms. The third-order valence-corrected chi connectivity index (χ3v) is 3.45. The number of methoxy groups -OCH3 is 1. The first-order valence-electron chi connectivity index (χ1n) is 5.69. The number of benzene rings is 1. The molecule has 0 fully saturated rings. The fraction of sp³-hybridized carbons (Fsp3) is 0.143. The van der Waals surface area contributed by atoms with E-state index in [-0.39, 0.29) is 5.91 Å². The van der Waals surface area contributed by atoms with Crippen molar-refractivity contribution in [1.82, 2.24) is 5.32 Å². The standard InChI is InChI=1S/C14H13NO3S/c1-18-14(17)11-6-4-10(5-7-11)13(16)15-9-12-3-2-8-19-12/h2-8H,9H2,1H3,(H,15,16). The Hall–Kier alpha value is -2.14. The summed E-state index contributed by atoms with van der Waals surface area (Å²) >= 11 is 1.59. The lowest BCUT2D eigenvalue weighted by atomic mass is 10.1. The quantitative estimate of drug-likeness (QED) is 0.872. The number of carbonyl (C=O) groups is 2. The van der Waals surface area contributed by atoms with Crippen molar-refractivity contribution in [3.05, 3.63) is 57.8 Å². The molecule has 0 aliphatic rings. The Bertz CT molecular complexity index is 561. The highest BCUT2D eigenvalue weighted by Crippen LogP contribution is 2.09. The summed E-state index contributed by atoms with van der Waals surface area (Å²) in [5, 5.41) is 4.78. The Labute approximate surface area is 115 Å². The zero-order chi connectivity index (χ0) is 13.7. The molecular formula is C14H13NO3S. The molecule has 0 saturated heterocycles. The van der Waals surface area contributed by atoms with Crippen LogP contribution < -0.4 is 5.32 Å². The highest BCUT2D eigenvalue weighted by Gasteiger charge is 2.08. The van der Waals surface area contributed by atoms with E-state index < -0.39 is 5.97 Å². The zero-order valence-electron chi connectivity index (χ0n) is 10.4. The monoisotopic (exact) mass is 275 g/mol. The number of amides is 1. The molecule has 5 heteroatoms. The second-order valence-electron chi connectivity index (χ2n) is 3.83. The topological polar surface area (TPSA) is 55.4 Å². The molecule has 0 spiro atoms. The van der Waals surface area contributed by atoms with Gasteiger partial charge in [0.05, 0.1) is 19.2 Å². The van der Waals surface area contributed by atoms with E-state index in [0.717, 1.165) is 4.88 Å². The second kappa shape index (κ2) is 6.15. The van der Waals surface area contributed by atoms with Gasteiger partial charge in [0, 0.05) is 10.4 Å². The summed E-state index contributed by atoms with van der Waals surface area (Å²) in [6, 6.07) is 10.3. The largest absolute Gasteiger partial charge is 0.465 e. The first-order chi connectivity index (χ1) is 9.20. The lowest BCUT2D eigenvalue weighted by Gasteiger charge is -2.04. The Balaban J connectivity index is 1.97. The van der Waals surface area contributed by atoms with Crippen LogP contribution in [0.4, 0.5) is 0 Å². The summed E-state index contributed by atoms with van der Waals surface area (Å²) in [7, 11) is 1.32. The molecule has 1 aromatic heterocycles. The van der Waals surface area contributed by atoms with Crippen LogP contribution in [0.1, 0.15) is 25.6 Å². The normalized spacial score (nSPS) is 9.95. The van der Waals surface area contributed by atoms with Crippen LogP contribution in [0, 0.1) is 0 Å². The van der Waals surface area contributed by atoms with Crippen LogP contribution in [-0.4, -0.2) is 19.0 Å². The van der Waals surface area contributed by atoms with Gasteiger partial charge in [0.25, 0.3) is 5.91 Å². The summed E-state index contributed by atoms with van der Waals surface area (Å²) in [5.41, 5.74) is 0.946. The van der Waals surface area contributed by atoms with E-state index in [1.165, 1.54) is 7.11 Å². The van der Waals surface area contributed by atoms with Gasteiger partial charge in [-0.05, 0) is 35.7 Å². The van der Waals surface area contributed by atoms with Crippen LogP contribution in [0.25, 0.3) is 0 Å². The van der Waals surface area contributed by atoms with Gasteiger partial charge in [0.1, 0.15) is 0 Å². The predicted molar refractivity (Wildman–Crippen MR) is 73.3 cm³/mol. The van der Waals surface area contributed by atoms with E-state index >= 15 is 0 Å². The number of carbonyl (C=O) groups excluding carboxylic acids is 2. The van der Waals surface area contributed by atoms with Crippen LogP contribution in [0.2, 0.25) is 0 Å². The number of hydrogen-bond acceptors (Lipinski definition) is 4. The van der Waals surface area contributed by atoms with Crippen molar-refractivity contribution < 1.29 is 14.3 Å². The lowest BCUT2D eigenvalue weighted by Crippen LogP contribution is -2.22. The SMILES string of the molecule is COC(=O)c1ccc(C(=O)NCc2cccs2)cc1. The van der Waals surface area contributed by atoms with E-state index in [0.29, 0.717) is 17.7 Å². The minimum atomic E-state index is -0.412. The highest BCUT2D eigenvalue weighted by atomic mass is 32.1. The summed E-state index contributed by atoms with van der Waals surface area (Å²) in [6.07, 6.45) is 0. The van der Waals surface area contributed by atoms with E-state index in [2.05, 4.69) is 10.1 Å². The number of esters is 1. The first kappa shape index (κ1) is 13.3. The van der Waals surface area contributed by atoms with Crippen LogP contribution in [-0.2, 0) is 11.3 Å². The Kier molecular flexibility index (Phi) is 4.30. The summed E-state index contributed by atoms with van der Waals surface area (Å²) < 4.78 is 4.59. The Morgan fingerprint density at radius 2 is 1.84 bits per heavy atom. The third-order valence-electron chi connectivity index (χ3n) is 2.57. The lowest BCUT2D eigenvalue weighted by molar-refractivity contribution is 0.0600. The van der Waals surface area contributed by atoms with Crippen LogP contribution >= 0.6 is 11.3 Å². The van der Waals surface area contributed by atoms with Crippen molar-refractivity contribution in [3.8, 4) is 0 Å². The number of rotatable bonds is 4. The molecule has 0 aliphatic carbocycles. The molecule has 0 bridgehead atoms. The fourth-order valence-corrected chi connectivity index (χ4v) is 2.20. The molecule has 0 saturated carbocycles. The zero-order valence-corrected chi connectivity index (χ0v) is 11.2. The number of hydrogen-bond donors (Lipinski definition) is 1. The molecule has 0 atom stereocenters. The summed E-state index contributed by atoms with van der Waals surface area (Å²) in [6.45, 7) is 0.509. The van der Waals surface area contributed by atoms with Gasteiger partial charge in [-0.25, -0.2) is 4.79 Å². The first-order valence-corrected chi connectivity index (χ1v) is 6.57. The van der Waals surface area contributed by atoms with Gasteiger partial charge >= 0.3 is 5.97 Å². The molecule has 0 aliphatic heterocycles. The van der Waals surface area contributed by atoms with Crippen molar-refractivity contribution in [2.75, 3.05) is 7.11 Å². The van der Waals surface area contributed by atoms with Crippen LogP contribution in [0.3, 0.4) is 0 Å². The van der Waals surface area contributed by atoms with Crippen molar-refractivity contribution in [2.45, 2.75) is 6.54 Å². The van der Waals surface area contributed by atoms with Crippen LogP contribution in [0.15, 0.2) is 41.8 Å². The van der Waals surface area contributed by atoms with Gasteiger partial charge in [-0.2, -0.15) is 0 Å². The maximum Gasteiger partial charge on any atom is 0.337 e. The molecule has 98 valence electrons. The molecular weight excluding hydrogens is 262 g/mol. The molecule has 4 nitrogen and oxygen atoms in total. The number of nitrogens with one attached hydrogen (secondary N) is 1. The maximum absolute atomic E-state index is 11.9. The second-order valence-corrected chi connectivity index (χ2v) is 4.86. The van der Waals surface area contributed by atoms with Crippen molar-refractivity contribution >= 4 is 23.2 Å². The van der Waals surface area contributed by atoms with E-state index in [9.17, 15) is 9.59 Å². The van der Waals surface area contributed by atoms with Gasteiger partial charge in [-0.15, -0.1) is 11.3 Å². The minimum Gasteiger partial charge on any atom is -0.465 e. The van der Waals surface area contributed by atoms with Gasteiger partial charge in [-0.1, -0.05) is 6.07 Å². The van der Waals surface area contributed by atoms with Gasteiger partial charge < -0.3 is 10.1 Å². The van der Waals surface area contributed by atoms with E-state index in [4.69, 9.17) is 0 Å². The van der Waals surface area contributed by atoms with Crippen LogP contribution in [0.5, 0.6) is 0 Å². The molecule has 2 rings (SSSR count). The maximum atomic E-state index is 11.9. The van der Waals surface area contributed by atoms with Gasteiger partial charge in [-0.3, -0.25) is 4.79 Å². The third kappa shape index (κ3) is 3.42. The summed E-state index contributed by atoms with van der Waals surface area (Å²) in [4.78, 5) is 24.2. The molecule has 1 N–H and O–H groups in total. The molecule has 0 radical (unpaired) electrons. The molecule has 1 heterocycles. The number of thiophene rings is 1. The summed E-state index contributed by atoms with van der Waals surface area (Å²) in [5.74, 6) is -0.574. The van der Waals surface area contributed by atoms with E-state index in [1.54, 1.807) is 35.6 Å². The fourth-order valence-electron chi connectivity index (χ4n) is 1.56. The molecule has 2 aromatic rings. The predicted octanol–water partition coefficient (Wildman–Crippen LogP) is 2.46. The molecule has 1 amide bonds. The average molecular weight is 275 g/mol. The minimum absolute atomic E-state index is 0.162. The van der Waals surface area contributed by atoms with Gasteiger partial charge in [0.2, 0.25) is 0 Å². The molecule has 0 unspecified atom stereocenters. The van der Waals surface area contributed by atoms with Crippen molar-refractivity contribution in [1.29, 1.82) is 0 Å². The Morgan fingerprint density at radius 3 is 2.42 bits per heavy atom. The smallest absolute Gasteiger partial charge is 0.337 e. The van der Waals surface area contributed by atoms with Crippen molar-refractivity contribution in [2.24, 2.45) is 0 Å². The van der Waals surface area contributed by atoms with Crippen molar-refractivity contribution in [3.63, 3.8) is 0 Å². The average Bonchev–Trinajstić information content (AvgIpc) is 2.97. The highest BCUT2D eigenvalue weighted by molar-refractivity contribution is 7.09. The number of ether oxygens (including phenoxy) is 1. The molecule has 1 aromatic carbocycles. The van der Waals surface area contributed by atoms with Gasteiger partial charge in [0.15, 0.2) is 0 Å².